The molecular weight excluding hydrogens is 481 g/mol. The highest BCUT2D eigenvalue weighted by Crippen LogP contribution is 2.30. The number of nitrogens with two attached hydrogens (primary N) is 1. The van der Waals surface area contributed by atoms with E-state index in [9.17, 15) is 18.0 Å². The van der Waals surface area contributed by atoms with E-state index in [4.69, 9.17) is 15.7 Å². The van der Waals surface area contributed by atoms with E-state index in [1.807, 2.05) is 35.2 Å². The number of benzene rings is 2. The fourth-order valence-electron chi connectivity index (χ4n) is 4.93. The van der Waals surface area contributed by atoms with Gasteiger partial charge in [0.1, 0.15) is 5.82 Å². The van der Waals surface area contributed by atoms with Gasteiger partial charge >= 0.3 is 6.18 Å². The normalized spacial score (nSPS) is 16.5. The average Bonchev–Trinajstić information content (AvgIpc) is 3.23. The molecule has 2 N–H and O–H groups in total. The summed E-state index contributed by atoms with van der Waals surface area (Å²) in [5.41, 5.74) is 7.34. The molecule has 37 heavy (non-hydrogen) atoms. The number of anilines is 1. The van der Waals surface area contributed by atoms with Gasteiger partial charge in [-0.2, -0.15) is 18.2 Å². The molecule has 1 fully saturated rings. The van der Waals surface area contributed by atoms with E-state index in [2.05, 4.69) is 0 Å². The molecule has 1 saturated heterocycles. The zero-order valence-corrected chi connectivity index (χ0v) is 20.6. The highest BCUT2D eigenvalue weighted by atomic mass is 19.4. The van der Waals surface area contributed by atoms with Crippen molar-refractivity contribution in [1.29, 1.82) is 0 Å². The molecule has 0 spiro atoms. The number of nitrogens with zero attached hydrogens (tertiary/aromatic N) is 5. The molecule has 10 heteroatoms. The van der Waals surface area contributed by atoms with Crippen LogP contribution < -0.4 is 16.2 Å². The highest BCUT2D eigenvalue weighted by molar-refractivity contribution is 5.74. The van der Waals surface area contributed by atoms with E-state index < -0.39 is 11.7 Å². The van der Waals surface area contributed by atoms with E-state index in [1.54, 1.807) is 17.7 Å². The molecule has 0 aliphatic carbocycles. The molecule has 0 bridgehead atoms. The lowest BCUT2D eigenvalue weighted by Crippen LogP contribution is -2.44. The second-order valence-corrected chi connectivity index (χ2v) is 9.59. The van der Waals surface area contributed by atoms with Gasteiger partial charge < -0.3 is 10.6 Å². The average molecular weight is 511 g/mol. The van der Waals surface area contributed by atoms with Gasteiger partial charge in [0.25, 0.3) is 5.56 Å². The molecule has 3 heterocycles. The van der Waals surface area contributed by atoms with Crippen molar-refractivity contribution >= 4 is 17.1 Å². The summed E-state index contributed by atoms with van der Waals surface area (Å²) < 4.78 is 43.3. The Morgan fingerprint density at radius 3 is 2.51 bits per heavy atom. The number of alkyl halides is 3. The van der Waals surface area contributed by atoms with Gasteiger partial charge in [-0.15, -0.1) is 0 Å². The number of aryl methyl sites for hydroxylation is 2. The zero-order valence-electron chi connectivity index (χ0n) is 20.6. The Hall–Kier alpha value is -3.66. The van der Waals surface area contributed by atoms with Crippen LogP contribution in [0.25, 0.3) is 11.2 Å². The molecule has 1 aliphatic rings. The molecule has 2 aromatic carbocycles. The molecule has 0 saturated carbocycles. The molecule has 1 aliphatic heterocycles. The Balaban J connectivity index is 1.59. The first-order chi connectivity index (χ1) is 17.7. The maximum atomic E-state index is 13.6. The van der Waals surface area contributed by atoms with Crippen molar-refractivity contribution < 1.29 is 13.2 Å². The lowest BCUT2D eigenvalue weighted by molar-refractivity contribution is -0.137. The second kappa shape index (κ2) is 10.0. The predicted octanol–water partition coefficient (Wildman–Crippen LogP) is 3.91. The quantitative estimate of drug-likeness (QED) is 0.425. The number of hydrogen-bond donors (Lipinski definition) is 1. The van der Waals surface area contributed by atoms with Crippen LogP contribution in [-0.4, -0.2) is 38.2 Å². The number of halogens is 3. The van der Waals surface area contributed by atoms with Crippen LogP contribution in [-0.2, 0) is 32.6 Å². The van der Waals surface area contributed by atoms with Crippen LogP contribution in [0, 0.1) is 0 Å². The van der Waals surface area contributed by atoms with Crippen molar-refractivity contribution in [3.05, 3.63) is 87.5 Å². The van der Waals surface area contributed by atoms with Gasteiger partial charge in [0.05, 0.1) is 12.1 Å². The first kappa shape index (κ1) is 25.0. The Bertz CT molecular complexity index is 1460. The minimum atomic E-state index is -4.46. The van der Waals surface area contributed by atoms with Crippen molar-refractivity contribution in [2.45, 2.75) is 44.4 Å². The molecule has 0 radical (unpaired) electrons. The summed E-state index contributed by atoms with van der Waals surface area (Å²) >= 11 is 0. The lowest BCUT2D eigenvalue weighted by atomic mass is 10.1. The van der Waals surface area contributed by atoms with E-state index in [0.717, 1.165) is 30.5 Å². The van der Waals surface area contributed by atoms with Crippen LogP contribution in [0.3, 0.4) is 0 Å². The minimum absolute atomic E-state index is 0.0483. The van der Waals surface area contributed by atoms with Gasteiger partial charge in [-0.3, -0.25) is 13.9 Å². The number of imidazole rings is 1. The number of aromatic nitrogens is 4. The third-order valence-corrected chi connectivity index (χ3v) is 6.87. The molecule has 2 aromatic heterocycles. The van der Waals surface area contributed by atoms with Gasteiger partial charge in [-0.1, -0.05) is 42.5 Å². The largest absolute Gasteiger partial charge is 0.416 e. The smallest absolute Gasteiger partial charge is 0.341 e. The van der Waals surface area contributed by atoms with Crippen LogP contribution in [0.4, 0.5) is 19.1 Å². The van der Waals surface area contributed by atoms with Gasteiger partial charge in [-0.25, -0.2) is 4.98 Å². The Labute approximate surface area is 212 Å². The van der Waals surface area contributed by atoms with Crippen molar-refractivity contribution in [1.82, 2.24) is 19.1 Å². The molecule has 7 nitrogen and oxygen atoms in total. The van der Waals surface area contributed by atoms with E-state index in [0.29, 0.717) is 48.9 Å². The van der Waals surface area contributed by atoms with Crippen molar-refractivity contribution in [2.24, 2.45) is 12.8 Å². The second-order valence-electron chi connectivity index (χ2n) is 9.59. The summed E-state index contributed by atoms with van der Waals surface area (Å²) in [7, 11) is 1.67. The third kappa shape index (κ3) is 5.24. The Morgan fingerprint density at radius 2 is 1.78 bits per heavy atom. The lowest BCUT2D eigenvalue weighted by Gasteiger charge is -2.31. The summed E-state index contributed by atoms with van der Waals surface area (Å²) in [5.74, 6) is 1.11. The van der Waals surface area contributed by atoms with Crippen LogP contribution >= 0.6 is 0 Å². The number of rotatable bonds is 6. The van der Waals surface area contributed by atoms with Gasteiger partial charge in [-0.05, 0) is 42.5 Å². The minimum Gasteiger partial charge on any atom is -0.341 e. The van der Waals surface area contributed by atoms with Gasteiger partial charge in [0.2, 0.25) is 5.95 Å². The van der Waals surface area contributed by atoms with Crippen LogP contribution in [0.2, 0.25) is 0 Å². The first-order valence-electron chi connectivity index (χ1n) is 12.4. The molecule has 4 aromatic rings. The zero-order chi connectivity index (χ0) is 26.2. The number of piperidine rings is 1. The first-order valence-corrected chi connectivity index (χ1v) is 12.4. The van der Waals surface area contributed by atoms with E-state index in [1.165, 1.54) is 10.6 Å². The van der Waals surface area contributed by atoms with Crippen molar-refractivity contribution in [3.63, 3.8) is 0 Å². The molecule has 0 amide bonds. The molecule has 1 unspecified atom stereocenters. The van der Waals surface area contributed by atoms with Gasteiger partial charge in [0, 0.05) is 32.6 Å². The van der Waals surface area contributed by atoms with Crippen molar-refractivity contribution in [3.8, 4) is 0 Å². The van der Waals surface area contributed by atoms with Crippen LogP contribution in [0.15, 0.2) is 59.4 Å². The number of hydrogen-bond acceptors (Lipinski definition) is 5. The summed E-state index contributed by atoms with van der Waals surface area (Å²) in [6, 6.07) is 15.1. The fraction of sp³-hybridized carbons (Fsp3) is 0.370. The standard InChI is InChI=1S/C27H29F3N6O/c1-34-22(13-12-18-7-3-2-4-8-18)32-24-23(25(34)37)36(26(33-24)35-14-6-11-21(31)17-35)16-19-9-5-10-20(15-19)27(28,29)30/h2-5,7-10,15,21H,6,11-14,16-17,31H2,1H3. The summed E-state index contributed by atoms with van der Waals surface area (Å²) in [5, 5.41) is 0. The molecular formula is C27H29F3N6O. The van der Waals surface area contributed by atoms with E-state index >= 15 is 0 Å². The van der Waals surface area contributed by atoms with E-state index in [-0.39, 0.29) is 23.7 Å². The number of fused-ring (bicyclic) bond motifs is 1. The fourth-order valence-corrected chi connectivity index (χ4v) is 4.93. The van der Waals surface area contributed by atoms with Crippen molar-refractivity contribution in [2.75, 3.05) is 18.0 Å². The SMILES string of the molecule is Cn1c(CCc2ccccc2)nc2nc(N3CCCC(N)C3)n(Cc3cccc(C(F)(F)F)c3)c2c1=O. The third-order valence-electron chi connectivity index (χ3n) is 6.87. The van der Waals surface area contributed by atoms with Crippen LogP contribution in [0.1, 0.15) is 35.4 Å². The predicted molar refractivity (Wildman–Crippen MR) is 137 cm³/mol. The van der Waals surface area contributed by atoms with Crippen LogP contribution in [0.5, 0.6) is 0 Å². The maximum Gasteiger partial charge on any atom is 0.416 e. The summed E-state index contributed by atoms with van der Waals surface area (Å²) in [4.78, 5) is 25.1. The monoisotopic (exact) mass is 510 g/mol. The highest BCUT2D eigenvalue weighted by Gasteiger charge is 2.31. The summed E-state index contributed by atoms with van der Waals surface area (Å²) in [6.07, 6.45) is -1.45. The summed E-state index contributed by atoms with van der Waals surface area (Å²) in [6.45, 7) is 1.30. The molecule has 1 atom stereocenters. The molecule has 5 rings (SSSR count). The Kier molecular flexibility index (Phi) is 6.76. The Morgan fingerprint density at radius 1 is 1.03 bits per heavy atom. The maximum absolute atomic E-state index is 13.6. The van der Waals surface area contributed by atoms with Gasteiger partial charge in [0.15, 0.2) is 11.2 Å². The molecule has 194 valence electrons. The topological polar surface area (TPSA) is 82.0 Å².